The van der Waals surface area contributed by atoms with E-state index in [4.69, 9.17) is 0 Å². The number of rotatable bonds is 4. The van der Waals surface area contributed by atoms with E-state index in [9.17, 15) is 14.4 Å². The van der Waals surface area contributed by atoms with Gasteiger partial charge in [0.1, 0.15) is 0 Å². The number of aldehydes is 2. The van der Waals surface area contributed by atoms with E-state index >= 15 is 0 Å². The highest BCUT2D eigenvalue weighted by atomic mass is 79.9. The maximum atomic E-state index is 11.7. The number of Topliss-reactive ketones (excluding diaryl/α,β-unsaturated/α-hetero) is 1. The second-order valence-corrected chi connectivity index (χ2v) is 4.40. The minimum absolute atomic E-state index is 0.187. The van der Waals surface area contributed by atoms with Crippen molar-refractivity contribution in [3.05, 3.63) is 34.9 Å². The summed E-state index contributed by atoms with van der Waals surface area (Å²) < 4.78 is 0. The van der Waals surface area contributed by atoms with Crippen LogP contribution in [0.4, 0.5) is 0 Å². The standard InChI is InChI=1S/C11H9BrO3/c1-7(12)11(15)10-8(5-13)3-2-4-9(10)6-14/h2-7H,1H3. The van der Waals surface area contributed by atoms with E-state index in [2.05, 4.69) is 15.9 Å². The van der Waals surface area contributed by atoms with Crippen LogP contribution in [-0.2, 0) is 0 Å². The van der Waals surface area contributed by atoms with Gasteiger partial charge in [-0.1, -0.05) is 34.1 Å². The van der Waals surface area contributed by atoms with Gasteiger partial charge >= 0.3 is 0 Å². The summed E-state index contributed by atoms with van der Waals surface area (Å²) in [5, 5.41) is 0. The van der Waals surface area contributed by atoms with Crippen LogP contribution < -0.4 is 0 Å². The average molecular weight is 269 g/mol. The van der Waals surface area contributed by atoms with E-state index in [1.807, 2.05) is 0 Å². The number of carbonyl (C=O) groups excluding carboxylic acids is 3. The van der Waals surface area contributed by atoms with Crippen LogP contribution in [0.2, 0.25) is 0 Å². The van der Waals surface area contributed by atoms with Gasteiger partial charge in [0.25, 0.3) is 0 Å². The molecule has 0 saturated carbocycles. The third kappa shape index (κ3) is 2.39. The Morgan fingerprint density at radius 1 is 1.27 bits per heavy atom. The van der Waals surface area contributed by atoms with Gasteiger partial charge in [0, 0.05) is 16.7 Å². The normalized spacial score (nSPS) is 11.9. The number of alkyl halides is 1. The first-order valence-corrected chi connectivity index (χ1v) is 5.25. The van der Waals surface area contributed by atoms with Crippen LogP contribution in [0.5, 0.6) is 0 Å². The van der Waals surface area contributed by atoms with Gasteiger partial charge in [-0.05, 0) is 6.92 Å². The monoisotopic (exact) mass is 268 g/mol. The Labute approximate surface area is 95.6 Å². The molecule has 0 aliphatic rings. The van der Waals surface area contributed by atoms with Gasteiger partial charge in [-0.3, -0.25) is 14.4 Å². The van der Waals surface area contributed by atoms with Gasteiger partial charge in [0.2, 0.25) is 0 Å². The zero-order valence-electron chi connectivity index (χ0n) is 8.07. The van der Waals surface area contributed by atoms with Crippen molar-refractivity contribution in [3.8, 4) is 0 Å². The van der Waals surface area contributed by atoms with E-state index in [0.29, 0.717) is 12.6 Å². The van der Waals surface area contributed by atoms with Crippen LogP contribution in [0.15, 0.2) is 18.2 Å². The van der Waals surface area contributed by atoms with Crippen LogP contribution in [0, 0.1) is 0 Å². The molecule has 0 radical (unpaired) electrons. The molecule has 4 heteroatoms. The van der Waals surface area contributed by atoms with E-state index < -0.39 is 4.83 Å². The fraction of sp³-hybridized carbons (Fsp3) is 0.182. The molecule has 1 aromatic rings. The second kappa shape index (κ2) is 4.98. The highest BCUT2D eigenvalue weighted by Crippen LogP contribution is 2.17. The molecule has 0 aliphatic heterocycles. The molecule has 15 heavy (non-hydrogen) atoms. The molecule has 0 N–H and O–H groups in total. The van der Waals surface area contributed by atoms with Crippen molar-refractivity contribution in [2.75, 3.05) is 0 Å². The van der Waals surface area contributed by atoms with Crippen LogP contribution in [0.3, 0.4) is 0 Å². The van der Waals surface area contributed by atoms with Gasteiger partial charge in [0.15, 0.2) is 18.4 Å². The minimum atomic E-state index is -0.419. The Balaban J connectivity index is 3.40. The number of hydrogen-bond acceptors (Lipinski definition) is 3. The maximum absolute atomic E-state index is 11.7. The van der Waals surface area contributed by atoms with Crippen LogP contribution in [-0.4, -0.2) is 23.2 Å². The number of ketones is 1. The molecule has 0 heterocycles. The number of benzene rings is 1. The summed E-state index contributed by atoms with van der Waals surface area (Å²) in [5.41, 5.74) is 0.679. The Bertz CT molecular complexity index is 384. The average Bonchev–Trinajstić information content (AvgIpc) is 2.26. The number of hydrogen-bond donors (Lipinski definition) is 0. The SMILES string of the molecule is CC(Br)C(=O)c1c(C=O)cccc1C=O. The highest BCUT2D eigenvalue weighted by Gasteiger charge is 2.19. The fourth-order valence-electron chi connectivity index (χ4n) is 1.27. The van der Waals surface area contributed by atoms with Gasteiger partial charge in [-0.15, -0.1) is 0 Å². The predicted molar refractivity (Wildman–Crippen MR) is 59.9 cm³/mol. The summed E-state index contributed by atoms with van der Waals surface area (Å²) in [5.74, 6) is -0.264. The summed E-state index contributed by atoms with van der Waals surface area (Å²) >= 11 is 3.12. The smallest absolute Gasteiger partial charge is 0.177 e. The molecule has 0 bridgehead atoms. The zero-order valence-corrected chi connectivity index (χ0v) is 9.65. The molecular formula is C11H9BrO3. The molecular weight excluding hydrogens is 260 g/mol. The van der Waals surface area contributed by atoms with Crippen molar-refractivity contribution in [2.24, 2.45) is 0 Å². The van der Waals surface area contributed by atoms with Gasteiger partial charge in [-0.2, -0.15) is 0 Å². The molecule has 0 spiro atoms. The molecule has 1 aromatic carbocycles. The molecule has 0 fully saturated rings. The van der Waals surface area contributed by atoms with Gasteiger partial charge < -0.3 is 0 Å². The molecule has 0 aromatic heterocycles. The predicted octanol–water partition coefficient (Wildman–Crippen LogP) is 2.28. The molecule has 0 saturated heterocycles. The molecule has 0 aliphatic carbocycles. The van der Waals surface area contributed by atoms with Crippen molar-refractivity contribution in [1.82, 2.24) is 0 Å². The van der Waals surface area contributed by atoms with Crippen molar-refractivity contribution < 1.29 is 14.4 Å². The molecule has 1 atom stereocenters. The topological polar surface area (TPSA) is 51.2 Å². The second-order valence-electron chi connectivity index (χ2n) is 3.03. The Morgan fingerprint density at radius 3 is 2.07 bits per heavy atom. The molecule has 1 unspecified atom stereocenters. The summed E-state index contributed by atoms with van der Waals surface area (Å²) in [7, 11) is 0. The fourth-order valence-corrected chi connectivity index (χ4v) is 1.50. The first-order valence-electron chi connectivity index (χ1n) is 4.33. The first kappa shape index (κ1) is 11.8. The van der Waals surface area contributed by atoms with Crippen LogP contribution >= 0.6 is 15.9 Å². The Morgan fingerprint density at radius 2 is 1.73 bits per heavy atom. The Kier molecular flexibility index (Phi) is 3.91. The van der Waals surface area contributed by atoms with E-state index in [1.165, 1.54) is 12.1 Å². The maximum Gasteiger partial charge on any atom is 0.177 e. The number of halogens is 1. The first-order chi connectivity index (χ1) is 7.11. The lowest BCUT2D eigenvalue weighted by atomic mass is 9.97. The zero-order chi connectivity index (χ0) is 11.4. The lowest BCUT2D eigenvalue weighted by Gasteiger charge is -2.07. The highest BCUT2D eigenvalue weighted by molar-refractivity contribution is 9.10. The summed E-state index contributed by atoms with van der Waals surface area (Å²) in [6.45, 7) is 1.65. The van der Waals surface area contributed by atoms with Gasteiger partial charge in [-0.25, -0.2) is 0 Å². The van der Waals surface area contributed by atoms with Crippen molar-refractivity contribution in [2.45, 2.75) is 11.8 Å². The lowest BCUT2D eigenvalue weighted by molar-refractivity contribution is 0.0983. The van der Waals surface area contributed by atoms with E-state index in [-0.39, 0.29) is 22.5 Å². The minimum Gasteiger partial charge on any atom is -0.298 e. The van der Waals surface area contributed by atoms with Gasteiger partial charge in [0.05, 0.1) is 4.83 Å². The molecule has 1 rings (SSSR count). The van der Waals surface area contributed by atoms with Crippen molar-refractivity contribution in [1.29, 1.82) is 0 Å². The summed E-state index contributed by atoms with van der Waals surface area (Å²) in [6.07, 6.45) is 1.16. The third-order valence-corrected chi connectivity index (χ3v) is 2.41. The third-order valence-electron chi connectivity index (χ3n) is 1.99. The van der Waals surface area contributed by atoms with Crippen molar-refractivity contribution >= 4 is 34.3 Å². The summed E-state index contributed by atoms with van der Waals surface area (Å²) in [6, 6.07) is 4.61. The van der Waals surface area contributed by atoms with Crippen molar-refractivity contribution in [3.63, 3.8) is 0 Å². The largest absolute Gasteiger partial charge is 0.298 e. The Hall–Kier alpha value is -1.29. The summed E-state index contributed by atoms with van der Waals surface area (Å²) in [4.78, 5) is 32.8. The number of carbonyl (C=O) groups is 3. The van der Waals surface area contributed by atoms with E-state index in [0.717, 1.165) is 0 Å². The van der Waals surface area contributed by atoms with Crippen LogP contribution in [0.1, 0.15) is 38.0 Å². The van der Waals surface area contributed by atoms with Crippen LogP contribution in [0.25, 0.3) is 0 Å². The molecule has 3 nitrogen and oxygen atoms in total. The van der Waals surface area contributed by atoms with E-state index in [1.54, 1.807) is 13.0 Å². The quantitative estimate of drug-likeness (QED) is 0.478. The molecule has 78 valence electrons. The molecule has 0 amide bonds. The lowest BCUT2D eigenvalue weighted by Crippen LogP contribution is -2.15.